The summed E-state index contributed by atoms with van der Waals surface area (Å²) in [7, 11) is 0. The van der Waals surface area contributed by atoms with Crippen molar-refractivity contribution in [3.63, 3.8) is 0 Å². The summed E-state index contributed by atoms with van der Waals surface area (Å²) in [5.74, 6) is 0.541. The molecule has 2 aromatic rings. The van der Waals surface area contributed by atoms with E-state index in [0.29, 0.717) is 24.7 Å². The van der Waals surface area contributed by atoms with Crippen LogP contribution in [-0.2, 0) is 0 Å². The zero-order valence-corrected chi connectivity index (χ0v) is 10.3. The Morgan fingerprint density at radius 1 is 1.11 bits per heavy atom. The van der Waals surface area contributed by atoms with E-state index < -0.39 is 0 Å². The predicted octanol–water partition coefficient (Wildman–Crippen LogP) is 1.38. The van der Waals surface area contributed by atoms with Crippen molar-refractivity contribution in [3.05, 3.63) is 54.5 Å². The van der Waals surface area contributed by atoms with Gasteiger partial charge in [-0.05, 0) is 18.2 Å². The quantitative estimate of drug-likeness (QED) is 0.831. The standard InChI is InChI=1S/C14H13N3O2/c18-14(12-5-1-3-7-15-12)17-9-11(10-17)19-13-6-2-4-8-16-13/h1-8,11H,9-10H2. The van der Waals surface area contributed by atoms with Gasteiger partial charge in [0.05, 0.1) is 13.1 Å². The summed E-state index contributed by atoms with van der Waals surface area (Å²) >= 11 is 0. The first kappa shape index (κ1) is 11.6. The minimum absolute atomic E-state index is 0.0163. The summed E-state index contributed by atoms with van der Waals surface area (Å²) < 4.78 is 5.64. The zero-order chi connectivity index (χ0) is 13.1. The smallest absolute Gasteiger partial charge is 0.272 e. The summed E-state index contributed by atoms with van der Waals surface area (Å²) in [5, 5.41) is 0. The lowest BCUT2D eigenvalue weighted by Gasteiger charge is -2.38. The molecule has 0 bridgehead atoms. The summed E-state index contributed by atoms with van der Waals surface area (Å²) in [4.78, 5) is 21.9. The van der Waals surface area contributed by atoms with E-state index in [1.54, 1.807) is 29.4 Å². The monoisotopic (exact) mass is 255 g/mol. The maximum absolute atomic E-state index is 12.0. The summed E-state index contributed by atoms with van der Waals surface area (Å²) in [5.41, 5.74) is 0.471. The van der Waals surface area contributed by atoms with Crippen molar-refractivity contribution in [1.29, 1.82) is 0 Å². The average Bonchev–Trinajstić information content (AvgIpc) is 2.44. The highest BCUT2D eigenvalue weighted by Gasteiger charge is 2.33. The molecular formula is C14H13N3O2. The SMILES string of the molecule is O=C(c1ccccn1)N1CC(Oc2ccccn2)C1. The normalized spacial score (nSPS) is 14.8. The Kier molecular flexibility index (Phi) is 3.10. The van der Waals surface area contributed by atoms with Crippen molar-refractivity contribution < 1.29 is 9.53 Å². The number of carbonyl (C=O) groups excluding carboxylic acids is 1. The highest BCUT2D eigenvalue weighted by molar-refractivity contribution is 5.92. The number of pyridine rings is 2. The second kappa shape index (κ2) is 5.06. The minimum Gasteiger partial charge on any atom is -0.471 e. The second-order valence-electron chi connectivity index (χ2n) is 4.33. The maximum Gasteiger partial charge on any atom is 0.272 e. The van der Waals surface area contributed by atoms with Gasteiger partial charge in [0.2, 0.25) is 5.88 Å². The number of amides is 1. The van der Waals surface area contributed by atoms with E-state index in [2.05, 4.69) is 9.97 Å². The molecule has 0 N–H and O–H groups in total. The lowest BCUT2D eigenvalue weighted by atomic mass is 10.1. The van der Waals surface area contributed by atoms with Crippen molar-refractivity contribution in [3.8, 4) is 5.88 Å². The van der Waals surface area contributed by atoms with Crippen molar-refractivity contribution in [2.24, 2.45) is 0 Å². The van der Waals surface area contributed by atoms with E-state index in [0.717, 1.165) is 0 Å². The Labute approximate surface area is 110 Å². The van der Waals surface area contributed by atoms with Crippen LogP contribution < -0.4 is 4.74 Å². The molecule has 3 rings (SSSR count). The van der Waals surface area contributed by atoms with Crippen LogP contribution in [-0.4, -0.2) is 40.0 Å². The van der Waals surface area contributed by atoms with Crippen LogP contribution in [0.15, 0.2) is 48.8 Å². The maximum atomic E-state index is 12.0. The fourth-order valence-electron chi connectivity index (χ4n) is 1.92. The van der Waals surface area contributed by atoms with E-state index >= 15 is 0 Å². The van der Waals surface area contributed by atoms with Crippen LogP contribution in [0.2, 0.25) is 0 Å². The first-order valence-corrected chi connectivity index (χ1v) is 6.11. The van der Waals surface area contributed by atoms with Gasteiger partial charge in [-0.1, -0.05) is 12.1 Å². The van der Waals surface area contributed by atoms with Gasteiger partial charge in [0.15, 0.2) is 0 Å². The van der Waals surface area contributed by atoms with Gasteiger partial charge in [-0.25, -0.2) is 4.98 Å². The van der Waals surface area contributed by atoms with Gasteiger partial charge in [-0.3, -0.25) is 9.78 Å². The number of aromatic nitrogens is 2. The fourth-order valence-corrected chi connectivity index (χ4v) is 1.92. The number of hydrogen-bond donors (Lipinski definition) is 0. The molecule has 19 heavy (non-hydrogen) atoms. The Morgan fingerprint density at radius 2 is 1.84 bits per heavy atom. The molecule has 0 aliphatic carbocycles. The highest BCUT2D eigenvalue weighted by Crippen LogP contribution is 2.17. The van der Waals surface area contributed by atoms with Crippen molar-refractivity contribution in [1.82, 2.24) is 14.9 Å². The van der Waals surface area contributed by atoms with Crippen LogP contribution >= 0.6 is 0 Å². The third kappa shape index (κ3) is 2.54. The molecule has 2 aromatic heterocycles. The van der Waals surface area contributed by atoms with Crippen molar-refractivity contribution in [2.75, 3.05) is 13.1 Å². The van der Waals surface area contributed by atoms with Gasteiger partial charge in [0, 0.05) is 18.5 Å². The highest BCUT2D eigenvalue weighted by atomic mass is 16.5. The van der Waals surface area contributed by atoms with Crippen molar-refractivity contribution >= 4 is 5.91 Å². The first-order chi connectivity index (χ1) is 9.33. The molecule has 0 spiro atoms. The molecule has 1 aliphatic rings. The number of carbonyl (C=O) groups is 1. The Bertz CT molecular complexity index is 553. The molecule has 3 heterocycles. The molecule has 1 fully saturated rings. The Balaban J connectivity index is 1.54. The first-order valence-electron chi connectivity index (χ1n) is 6.11. The molecule has 96 valence electrons. The van der Waals surface area contributed by atoms with Crippen molar-refractivity contribution in [2.45, 2.75) is 6.10 Å². The summed E-state index contributed by atoms with van der Waals surface area (Å²) in [6.45, 7) is 1.15. The van der Waals surface area contributed by atoms with Gasteiger partial charge in [-0.2, -0.15) is 0 Å². The predicted molar refractivity (Wildman–Crippen MR) is 68.8 cm³/mol. The molecule has 1 saturated heterocycles. The molecule has 1 amide bonds. The number of likely N-dealkylation sites (tertiary alicyclic amines) is 1. The van der Waals surface area contributed by atoms with Crippen LogP contribution in [0.5, 0.6) is 5.88 Å². The molecule has 5 heteroatoms. The Hall–Kier alpha value is -2.43. The number of hydrogen-bond acceptors (Lipinski definition) is 4. The van der Waals surface area contributed by atoms with E-state index in [1.807, 2.05) is 24.3 Å². The van der Waals surface area contributed by atoms with Gasteiger partial charge in [0.25, 0.3) is 5.91 Å². The summed E-state index contributed by atoms with van der Waals surface area (Å²) in [6, 6.07) is 10.8. The van der Waals surface area contributed by atoms with Gasteiger partial charge in [-0.15, -0.1) is 0 Å². The third-order valence-corrected chi connectivity index (χ3v) is 2.94. The van der Waals surface area contributed by atoms with E-state index in [-0.39, 0.29) is 12.0 Å². The van der Waals surface area contributed by atoms with Crippen LogP contribution in [0.25, 0.3) is 0 Å². The molecule has 5 nitrogen and oxygen atoms in total. The largest absolute Gasteiger partial charge is 0.471 e. The molecule has 0 aromatic carbocycles. The van der Waals surface area contributed by atoms with E-state index in [9.17, 15) is 4.79 Å². The number of nitrogens with zero attached hydrogens (tertiary/aromatic N) is 3. The molecular weight excluding hydrogens is 242 g/mol. The fraction of sp³-hybridized carbons (Fsp3) is 0.214. The number of rotatable bonds is 3. The van der Waals surface area contributed by atoms with Crippen LogP contribution in [0.1, 0.15) is 10.5 Å². The van der Waals surface area contributed by atoms with Gasteiger partial charge < -0.3 is 9.64 Å². The Morgan fingerprint density at radius 3 is 2.47 bits per heavy atom. The summed E-state index contributed by atoms with van der Waals surface area (Å²) in [6.07, 6.45) is 3.32. The van der Waals surface area contributed by atoms with Crippen LogP contribution in [0.4, 0.5) is 0 Å². The zero-order valence-electron chi connectivity index (χ0n) is 10.3. The molecule has 0 radical (unpaired) electrons. The van der Waals surface area contributed by atoms with Gasteiger partial charge >= 0.3 is 0 Å². The van der Waals surface area contributed by atoms with E-state index in [1.165, 1.54) is 0 Å². The molecule has 0 atom stereocenters. The van der Waals surface area contributed by atoms with Gasteiger partial charge in [0.1, 0.15) is 11.8 Å². The lowest BCUT2D eigenvalue weighted by Crippen LogP contribution is -2.56. The van der Waals surface area contributed by atoms with E-state index in [4.69, 9.17) is 4.74 Å². The molecule has 0 unspecified atom stereocenters. The average molecular weight is 255 g/mol. The topological polar surface area (TPSA) is 55.3 Å². The van der Waals surface area contributed by atoms with Crippen LogP contribution in [0, 0.1) is 0 Å². The van der Waals surface area contributed by atoms with Crippen LogP contribution in [0.3, 0.4) is 0 Å². The second-order valence-corrected chi connectivity index (χ2v) is 4.33. The molecule has 0 saturated carbocycles. The molecule has 1 aliphatic heterocycles. The number of ether oxygens (including phenoxy) is 1. The third-order valence-electron chi connectivity index (χ3n) is 2.94. The lowest BCUT2D eigenvalue weighted by molar-refractivity contribution is 0.0156. The minimum atomic E-state index is -0.0542.